The van der Waals surface area contributed by atoms with Gasteiger partial charge in [-0.2, -0.15) is 0 Å². The minimum absolute atomic E-state index is 0.117. The van der Waals surface area contributed by atoms with Crippen LogP contribution in [0.25, 0.3) is 0 Å². The number of rotatable bonds is 2. The molecule has 0 aliphatic rings. The van der Waals surface area contributed by atoms with Crippen LogP contribution in [-0.4, -0.2) is 5.91 Å². The zero-order valence-electron chi connectivity index (χ0n) is 9.10. The number of para-hydroxylation sites is 1. The molecule has 0 radical (unpaired) electrons. The molecule has 1 rings (SSSR count). The van der Waals surface area contributed by atoms with Crippen molar-refractivity contribution < 1.29 is 4.79 Å². The average molecular weight is 224 g/mol. The Balaban J connectivity index is 2.95. The molecule has 1 amide bonds. The lowest BCUT2D eigenvalue weighted by Gasteiger charge is -2.09. The molecular weight excluding hydrogens is 210 g/mol. The van der Waals surface area contributed by atoms with E-state index in [1.807, 2.05) is 26.0 Å². The number of allylic oxidation sites excluding steroid dienone is 1. The maximum atomic E-state index is 11.6. The third kappa shape index (κ3) is 2.83. The van der Waals surface area contributed by atoms with Gasteiger partial charge in [-0.3, -0.25) is 4.79 Å². The summed E-state index contributed by atoms with van der Waals surface area (Å²) in [4.78, 5) is 11.6. The van der Waals surface area contributed by atoms with Crippen LogP contribution in [0.2, 0.25) is 5.02 Å². The maximum absolute atomic E-state index is 11.6. The second-order valence-corrected chi connectivity index (χ2v) is 3.76. The molecule has 3 heteroatoms. The summed E-state index contributed by atoms with van der Waals surface area (Å²) in [6.07, 6.45) is 1.77. The number of halogens is 1. The van der Waals surface area contributed by atoms with Gasteiger partial charge in [-0.05, 0) is 32.4 Å². The van der Waals surface area contributed by atoms with Crippen LogP contribution in [0.5, 0.6) is 0 Å². The summed E-state index contributed by atoms with van der Waals surface area (Å²) in [5.41, 5.74) is 2.32. The van der Waals surface area contributed by atoms with Gasteiger partial charge in [-0.1, -0.05) is 29.8 Å². The van der Waals surface area contributed by atoms with Gasteiger partial charge < -0.3 is 5.32 Å². The first kappa shape index (κ1) is 11.8. The lowest BCUT2D eigenvalue weighted by Crippen LogP contribution is -2.13. The normalized spacial score (nSPS) is 11.3. The van der Waals surface area contributed by atoms with Crippen LogP contribution < -0.4 is 5.32 Å². The van der Waals surface area contributed by atoms with E-state index in [-0.39, 0.29) is 5.91 Å². The largest absolute Gasteiger partial charge is 0.321 e. The summed E-state index contributed by atoms with van der Waals surface area (Å²) in [5.74, 6) is -0.117. The van der Waals surface area contributed by atoms with Gasteiger partial charge >= 0.3 is 0 Å². The number of hydrogen-bond acceptors (Lipinski definition) is 1. The first-order chi connectivity index (χ1) is 7.06. The van der Waals surface area contributed by atoms with Crippen molar-refractivity contribution in [2.24, 2.45) is 0 Å². The number of anilines is 1. The molecule has 15 heavy (non-hydrogen) atoms. The van der Waals surface area contributed by atoms with Gasteiger partial charge in [0, 0.05) is 5.57 Å². The van der Waals surface area contributed by atoms with E-state index in [0.717, 1.165) is 5.56 Å². The molecule has 0 fully saturated rings. The van der Waals surface area contributed by atoms with E-state index in [1.165, 1.54) is 0 Å². The first-order valence-electron chi connectivity index (χ1n) is 4.75. The quantitative estimate of drug-likeness (QED) is 0.764. The van der Waals surface area contributed by atoms with Gasteiger partial charge in [0.2, 0.25) is 0 Å². The van der Waals surface area contributed by atoms with Gasteiger partial charge in [0.15, 0.2) is 0 Å². The van der Waals surface area contributed by atoms with E-state index in [2.05, 4.69) is 5.32 Å². The predicted molar refractivity (Wildman–Crippen MR) is 64.2 cm³/mol. The zero-order valence-corrected chi connectivity index (χ0v) is 9.85. The molecule has 0 saturated heterocycles. The van der Waals surface area contributed by atoms with Crippen molar-refractivity contribution in [2.75, 3.05) is 5.32 Å². The molecule has 1 N–H and O–H groups in total. The Morgan fingerprint density at radius 2 is 2.13 bits per heavy atom. The van der Waals surface area contributed by atoms with Gasteiger partial charge in [0.05, 0.1) is 10.7 Å². The molecule has 0 aliphatic heterocycles. The Morgan fingerprint density at radius 3 is 2.67 bits per heavy atom. The average Bonchev–Trinajstić information content (AvgIpc) is 2.22. The standard InChI is InChI=1S/C12H14ClNO/c1-4-8(2)12(15)14-11-9(3)6-5-7-10(11)13/h4-7H,1-3H3,(H,14,15). The fourth-order valence-electron chi connectivity index (χ4n) is 1.13. The Morgan fingerprint density at radius 1 is 1.47 bits per heavy atom. The van der Waals surface area contributed by atoms with Crippen LogP contribution in [0, 0.1) is 6.92 Å². The number of amides is 1. The van der Waals surface area contributed by atoms with Crippen LogP contribution in [0.4, 0.5) is 5.69 Å². The Bertz CT molecular complexity index is 390. The maximum Gasteiger partial charge on any atom is 0.251 e. The Kier molecular flexibility index (Phi) is 3.92. The minimum atomic E-state index is -0.117. The second-order valence-electron chi connectivity index (χ2n) is 3.36. The highest BCUT2D eigenvalue weighted by Crippen LogP contribution is 2.25. The molecule has 1 aromatic rings. The monoisotopic (exact) mass is 223 g/mol. The Labute approximate surface area is 94.9 Å². The molecule has 2 nitrogen and oxygen atoms in total. The fraction of sp³-hybridized carbons (Fsp3) is 0.250. The highest BCUT2D eigenvalue weighted by Gasteiger charge is 2.08. The minimum Gasteiger partial charge on any atom is -0.321 e. The van der Waals surface area contributed by atoms with Crippen molar-refractivity contribution in [2.45, 2.75) is 20.8 Å². The summed E-state index contributed by atoms with van der Waals surface area (Å²) in [5, 5.41) is 3.35. The molecule has 0 aromatic heterocycles. The molecule has 0 unspecified atom stereocenters. The van der Waals surface area contributed by atoms with Crippen molar-refractivity contribution in [1.29, 1.82) is 0 Å². The number of benzene rings is 1. The lowest BCUT2D eigenvalue weighted by atomic mass is 10.2. The van der Waals surface area contributed by atoms with Crippen LogP contribution in [0.3, 0.4) is 0 Å². The molecule has 0 spiro atoms. The van der Waals surface area contributed by atoms with Crippen molar-refractivity contribution in [3.63, 3.8) is 0 Å². The number of carbonyl (C=O) groups excluding carboxylic acids is 1. The SMILES string of the molecule is CC=C(C)C(=O)Nc1c(C)cccc1Cl. The lowest BCUT2D eigenvalue weighted by molar-refractivity contribution is -0.112. The molecule has 0 aliphatic carbocycles. The summed E-state index contributed by atoms with van der Waals surface area (Å²) in [6, 6.07) is 5.53. The fourth-order valence-corrected chi connectivity index (χ4v) is 1.40. The smallest absolute Gasteiger partial charge is 0.251 e. The number of nitrogens with one attached hydrogen (secondary N) is 1. The Hall–Kier alpha value is -1.28. The van der Waals surface area contributed by atoms with Gasteiger partial charge in [0.1, 0.15) is 0 Å². The summed E-state index contributed by atoms with van der Waals surface area (Å²) in [6.45, 7) is 5.50. The summed E-state index contributed by atoms with van der Waals surface area (Å²) in [7, 11) is 0. The van der Waals surface area contributed by atoms with E-state index in [4.69, 9.17) is 11.6 Å². The van der Waals surface area contributed by atoms with Gasteiger partial charge in [-0.15, -0.1) is 0 Å². The van der Waals surface area contributed by atoms with E-state index in [0.29, 0.717) is 16.3 Å². The summed E-state index contributed by atoms with van der Waals surface area (Å²) >= 11 is 5.99. The third-order valence-corrected chi connectivity index (χ3v) is 2.57. The number of carbonyl (C=O) groups is 1. The molecule has 0 bridgehead atoms. The van der Waals surface area contributed by atoms with Crippen molar-refractivity contribution >= 4 is 23.2 Å². The van der Waals surface area contributed by atoms with E-state index < -0.39 is 0 Å². The van der Waals surface area contributed by atoms with Gasteiger partial charge in [-0.25, -0.2) is 0 Å². The highest BCUT2D eigenvalue weighted by molar-refractivity contribution is 6.34. The van der Waals surface area contributed by atoms with Crippen LogP contribution in [0.15, 0.2) is 29.8 Å². The highest BCUT2D eigenvalue weighted by atomic mass is 35.5. The van der Waals surface area contributed by atoms with Crippen LogP contribution in [0.1, 0.15) is 19.4 Å². The van der Waals surface area contributed by atoms with E-state index in [9.17, 15) is 4.79 Å². The third-order valence-electron chi connectivity index (χ3n) is 2.25. The second kappa shape index (κ2) is 4.99. The molecule has 1 aromatic carbocycles. The van der Waals surface area contributed by atoms with Crippen LogP contribution >= 0.6 is 11.6 Å². The molecule has 0 atom stereocenters. The predicted octanol–water partition coefficient (Wildman–Crippen LogP) is 3.55. The number of aryl methyl sites for hydroxylation is 1. The number of hydrogen-bond donors (Lipinski definition) is 1. The summed E-state index contributed by atoms with van der Waals surface area (Å²) < 4.78 is 0. The van der Waals surface area contributed by atoms with Crippen molar-refractivity contribution in [1.82, 2.24) is 0 Å². The van der Waals surface area contributed by atoms with E-state index in [1.54, 1.807) is 19.1 Å². The molecule has 0 heterocycles. The zero-order chi connectivity index (χ0) is 11.4. The van der Waals surface area contributed by atoms with Crippen molar-refractivity contribution in [3.05, 3.63) is 40.4 Å². The van der Waals surface area contributed by atoms with E-state index >= 15 is 0 Å². The van der Waals surface area contributed by atoms with Crippen molar-refractivity contribution in [3.8, 4) is 0 Å². The molecular formula is C12H14ClNO. The first-order valence-corrected chi connectivity index (χ1v) is 5.13. The molecule has 80 valence electrons. The van der Waals surface area contributed by atoms with Gasteiger partial charge in [0.25, 0.3) is 5.91 Å². The molecule has 0 saturated carbocycles. The van der Waals surface area contributed by atoms with Crippen LogP contribution in [-0.2, 0) is 4.79 Å². The topological polar surface area (TPSA) is 29.1 Å².